The Balaban J connectivity index is 1.58. The van der Waals surface area contributed by atoms with Crippen LogP contribution in [0.25, 0.3) is 0 Å². The van der Waals surface area contributed by atoms with Gasteiger partial charge in [0.25, 0.3) is 0 Å². The normalized spacial score (nSPS) is 23.7. The van der Waals surface area contributed by atoms with E-state index >= 15 is 0 Å². The van der Waals surface area contributed by atoms with Crippen molar-refractivity contribution in [3.05, 3.63) is 29.8 Å². The number of nitrogens with one attached hydrogen (secondary N) is 1. The second-order valence-corrected chi connectivity index (χ2v) is 9.10. The van der Waals surface area contributed by atoms with Crippen LogP contribution in [-0.2, 0) is 9.59 Å². The number of amides is 2. The molecule has 1 spiro atoms. The standard InChI is InChI=1S/C23H32N2O3/c26-19-11-9-17(10-12-19)21(22(28)24-18-7-3-1-4-8-18)25-16-23(15-20(25)27)13-5-2-6-14-23/h9-12,18,21,26H,1-8,13-16H2,(H,24,28). The molecule has 28 heavy (non-hydrogen) atoms. The molecule has 0 bridgehead atoms. The number of phenols is 1. The Hall–Kier alpha value is -2.04. The minimum Gasteiger partial charge on any atom is -0.508 e. The van der Waals surface area contributed by atoms with Crippen molar-refractivity contribution in [2.75, 3.05) is 6.54 Å². The maximum atomic E-state index is 13.3. The summed E-state index contributed by atoms with van der Waals surface area (Å²) >= 11 is 0. The Bertz CT molecular complexity index is 703. The molecule has 2 amide bonds. The predicted octanol–water partition coefficient (Wildman–Crippen LogP) is 4.07. The molecule has 2 saturated carbocycles. The zero-order valence-electron chi connectivity index (χ0n) is 16.7. The van der Waals surface area contributed by atoms with Crippen molar-refractivity contribution in [2.24, 2.45) is 5.41 Å². The minimum absolute atomic E-state index is 0.0512. The van der Waals surface area contributed by atoms with Gasteiger partial charge in [-0.05, 0) is 48.8 Å². The van der Waals surface area contributed by atoms with E-state index in [1.54, 1.807) is 24.3 Å². The second-order valence-electron chi connectivity index (χ2n) is 9.10. The lowest BCUT2D eigenvalue weighted by atomic mass is 9.73. The van der Waals surface area contributed by atoms with Gasteiger partial charge in [-0.25, -0.2) is 0 Å². The zero-order valence-corrected chi connectivity index (χ0v) is 16.7. The Morgan fingerprint density at radius 2 is 1.68 bits per heavy atom. The van der Waals surface area contributed by atoms with E-state index in [0.717, 1.165) is 44.1 Å². The zero-order chi connectivity index (χ0) is 19.6. The van der Waals surface area contributed by atoms with Crippen molar-refractivity contribution in [3.63, 3.8) is 0 Å². The molecule has 2 N–H and O–H groups in total. The van der Waals surface area contributed by atoms with E-state index in [1.165, 1.54) is 25.7 Å². The van der Waals surface area contributed by atoms with Crippen molar-refractivity contribution in [3.8, 4) is 5.75 Å². The minimum atomic E-state index is -0.601. The van der Waals surface area contributed by atoms with Crippen molar-refractivity contribution in [2.45, 2.75) is 82.7 Å². The van der Waals surface area contributed by atoms with E-state index in [1.807, 2.05) is 4.90 Å². The maximum Gasteiger partial charge on any atom is 0.247 e. The Labute approximate surface area is 167 Å². The fourth-order valence-electron chi connectivity index (χ4n) is 5.46. The van der Waals surface area contributed by atoms with Gasteiger partial charge < -0.3 is 15.3 Å². The van der Waals surface area contributed by atoms with Gasteiger partial charge in [-0.3, -0.25) is 9.59 Å². The molecule has 3 fully saturated rings. The molecule has 1 unspecified atom stereocenters. The lowest BCUT2D eigenvalue weighted by Crippen LogP contribution is -2.46. The van der Waals surface area contributed by atoms with Crippen molar-refractivity contribution in [1.82, 2.24) is 10.2 Å². The number of carbonyl (C=O) groups is 2. The summed E-state index contributed by atoms with van der Waals surface area (Å²) in [6, 6.07) is 6.37. The third kappa shape index (κ3) is 4.03. The summed E-state index contributed by atoms with van der Waals surface area (Å²) in [5.41, 5.74) is 0.836. The molecular weight excluding hydrogens is 352 g/mol. The second kappa shape index (κ2) is 8.14. The molecule has 152 valence electrons. The summed E-state index contributed by atoms with van der Waals surface area (Å²) in [6.07, 6.45) is 11.9. The van der Waals surface area contributed by atoms with Gasteiger partial charge in [0.05, 0.1) is 0 Å². The predicted molar refractivity (Wildman–Crippen MR) is 108 cm³/mol. The molecule has 5 heteroatoms. The molecule has 0 aromatic heterocycles. The number of rotatable bonds is 4. The van der Waals surface area contributed by atoms with E-state index < -0.39 is 6.04 Å². The number of nitrogens with zero attached hydrogens (tertiary/aromatic N) is 1. The largest absolute Gasteiger partial charge is 0.508 e. The van der Waals surface area contributed by atoms with Crippen LogP contribution >= 0.6 is 0 Å². The average molecular weight is 385 g/mol. The molecule has 1 aromatic rings. The van der Waals surface area contributed by atoms with Crippen LogP contribution in [0, 0.1) is 5.41 Å². The molecule has 1 aliphatic heterocycles. The van der Waals surface area contributed by atoms with Crippen LogP contribution in [0.2, 0.25) is 0 Å². The molecule has 1 aromatic carbocycles. The molecular formula is C23H32N2O3. The van der Waals surface area contributed by atoms with Crippen molar-refractivity contribution >= 4 is 11.8 Å². The van der Waals surface area contributed by atoms with Gasteiger partial charge in [0.1, 0.15) is 11.8 Å². The number of hydrogen-bond donors (Lipinski definition) is 2. The van der Waals surface area contributed by atoms with Gasteiger partial charge in [-0.15, -0.1) is 0 Å². The van der Waals surface area contributed by atoms with Crippen LogP contribution in [0.15, 0.2) is 24.3 Å². The van der Waals surface area contributed by atoms with Crippen molar-refractivity contribution in [1.29, 1.82) is 0 Å². The molecule has 1 saturated heterocycles. The van der Waals surface area contributed by atoms with Gasteiger partial charge in [0, 0.05) is 19.0 Å². The monoisotopic (exact) mass is 384 g/mol. The topological polar surface area (TPSA) is 69.6 Å². The van der Waals surface area contributed by atoms with E-state index in [9.17, 15) is 14.7 Å². The lowest BCUT2D eigenvalue weighted by molar-refractivity contribution is -0.138. The Morgan fingerprint density at radius 1 is 1.04 bits per heavy atom. The first-order valence-electron chi connectivity index (χ1n) is 11.0. The van der Waals surface area contributed by atoms with Gasteiger partial charge in [-0.1, -0.05) is 50.7 Å². The first kappa shape index (κ1) is 19.3. The number of benzene rings is 1. The van der Waals surface area contributed by atoms with Crippen LogP contribution in [0.5, 0.6) is 5.75 Å². The average Bonchev–Trinajstić information content (AvgIpc) is 3.00. The highest BCUT2D eigenvalue weighted by atomic mass is 16.3. The number of likely N-dealkylation sites (tertiary alicyclic amines) is 1. The van der Waals surface area contributed by atoms with Crippen molar-refractivity contribution < 1.29 is 14.7 Å². The highest BCUT2D eigenvalue weighted by molar-refractivity contribution is 5.90. The summed E-state index contributed by atoms with van der Waals surface area (Å²) in [5.74, 6) is 0.198. The smallest absolute Gasteiger partial charge is 0.247 e. The van der Waals surface area contributed by atoms with Gasteiger partial charge in [0.15, 0.2) is 0 Å². The molecule has 4 rings (SSSR count). The summed E-state index contributed by atoms with van der Waals surface area (Å²) in [4.78, 5) is 28.2. The molecule has 2 aliphatic carbocycles. The molecule has 1 heterocycles. The maximum absolute atomic E-state index is 13.3. The lowest BCUT2D eigenvalue weighted by Gasteiger charge is -2.35. The third-order valence-electron chi connectivity index (χ3n) is 6.99. The summed E-state index contributed by atoms with van der Waals surface area (Å²) < 4.78 is 0. The molecule has 0 radical (unpaired) electrons. The quantitative estimate of drug-likeness (QED) is 0.822. The van der Waals surface area contributed by atoms with Crippen LogP contribution in [0.4, 0.5) is 0 Å². The number of hydrogen-bond acceptors (Lipinski definition) is 3. The first-order valence-corrected chi connectivity index (χ1v) is 11.0. The van der Waals surface area contributed by atoms with Crippen LogP contribution < -0.4 is 5.32 Å². The van der Waals surface area contributed by atoms with E-state index in [4.69, 9.17) is 0 Å². The van der Waals surface area contributed by atoms with E-state index in [2.05, 4.69) is 5.32 Å². The Kier molecular flexibility index (Phi) is 5.61. The van der Waals surface area contributed by atoms with E-state index in [0.29, 0.717) is 13.0 Å². The van der Waals surface area contributed by atoms with Gasteiger partial charge >= 0.3 is 0 Å². The van der Waals surface area contributed by atoms with Gasteiger partial charge in [0.2, 0.25) is 11.8 Å². The SMILES string of the molecule is O=C(NC1CCCCC1)C(c1ccc(O)cc1)N1CC2(CCCCC2)CC1=O. The molecule has 5 nitrogen and oxygen atoms in total. The van der Waals surface area contributed by atoms with E-state index in [-0.39, 0.29) is 29.0 Å². The highest BCUT2D eigenvalue weighted by Gasteiger charge is 2.47. The van der Waals surface area contributed by atoms with Gasteiger partial charge in [-0.2, -0.15) is 0 Å². The summed E-state index contributed by atoms with van der Waals surface area (Å²) in [7, 11) is 0. The summed E-state index contributed by atoms with van der Waals surface area (Å²) in [6.45, 7) is 0.676. The number of phenolic OH excluding ortho intramolecular Hbond substituents is 1. The molecule has 1 atom stereocenters. The third-order valence-corrected chi connectivity index (χ3v) is 6.99. The Morgan fingerprint density at radius 3 is 2.36 bits per heavy atom. The first-order chi connectivity index (χ1) is 13.6. The fourth-order valence-corrected chi connectivity index (χ4v) is 5.46. The highest BCUT2D eigenvalue weighted by Crippen LogP contribution is 2.46. The molecule has 3 aliphatic rings. The van der Waals surface area contributed by atoms with Crippen LogP contribution in [0.3, 0.4) is 0 Å². The fraction of sp³-hybridized carbons (Fsp3) is 0.652. The van der Waals surface area contributed by atoms with Crippen LogP contribution in [0.1, 0.15) is 82.2 Å². The number of aromatic hydroxyl groups is 1. The van der Waals surface area contributed by atoms with Crippen LogP contribution in [-0.4, -0.2) is 34.4 Å². The number of carbonyl (C=O) groups excluding carboxylic acids is 2. The summed E-state index contributed by atoms with van der Waals surface area (Å²) in [5, 5.41) is 12.9.